The van der Waals surface area contributed by atoms with Crippen molar-refractivity contribution in [3.63, 3.8) is 0 Å². The molecule has 1 aliphatic heterocycles. The maximum Gasteiger partial charge on any atom is 0.270 e. The molecule has 116 valence electrons. The summed E-state index contributed by atoms with van der Waals surface area (Å²) >= 11 is 5.79. The van der Waals surface area contributed by atoms with Crippen molar-refractivity contribution in [1.82, 2.24) is 4.90 Å². The van der Waals surface area contributed by atoms with Gasteiger partial charge in [-0.25, -0.2) is 0 Å². The fraction of sp³-hybridized carbons (Fsp3) is 0.0667. The molecule has 0 radical (unpaired) electrons. The first-order valence-corrected chi connectivity index (χ1v) is 6.99. The number of fused-ring (bicyclic) bond motifs is 1. The summed E-state index contributed by atoms with van der Waals surface area (Å²) in [6, 6.07) is 10.4. The molecule has 2 aromatic carbocycles. The molecule has 0 aliphatic carbocycles. The maximum atomic E-state index is 12.3. The normalized spacial score (nSPS) is 13.2. The third-order valence-corrected chi connectivity index (χ3v) is 3.70. The standard InChI is InChI=1S/C15H10ClN3O4/c16-9-1-3-10(4-2-9)17-8-18-14(20)12-6-5-11(19(22)23)7-13(12)15(18)21/h1-7,17H,8H2. The Morgan fingerprint density at radius 2 is 1.70 bits per heavy atom. The van der Waals surface area contributed by atoms with Gasteiger partial charge in [0.05, 0.1) is 22.7 Å². The summed E-state index contributed by atoms with van der Waals surface area (Å²) in [5.41, 5.74) is 0.676. The molecule has 8 heteroatoms. The number of carbonyl (C=O) groups excluding carboxylic acids is 2. The summed E-state index contributed by atoms with van der Waals surface area (Å²) in [4.78, 5) is 35.7. The van der Waals surface area contributed by atoms with Gasteiger partial charge in [0.1, 0.15) is 0 Å². The van der Waals surface area contributed by atoms with Crippen molar-refractivity contribution in [2.45, 2.75) is 0 Å². The largest absolute Gasteiger partial charge is 0.367 e. The van der Waals surface area contributed by atoms with Crippen molar-refractivity contribution in [2.24, 2.45) is 0 Å². The van der Waals surface area contributed by atoms with Gasteiger partial charge >= 0.3 is 0 Å². The highest BCUT2D eigenvalue weighted by Gasteiger charge is 2.36. The van der Waals surface area contributed by atoms with E-state index in [-0.39, 0.29) is 23.5 Å². The summed E-state index contributed by atoms with van der Waals surface area (Å²) in [5.74, 6) is -1.04. The molecule has 0 bridgehead atoms. The van der Waals surface area contributed by atoms with E-state index in [0.717, 1.165) is 11.0 Å². The first-order chi connectivity index (χ1) is 11.0. The van der Waals surface area contributed by atoms with Crippen LogP contribution in [-0.4, -0.2) is 28.3 Å². The van der Waals surface area contributed by atoms with E-state index >= 15 is 0 Å². The second-order valence-corrected chi connectivity index (χ2v) is 5.30. The monoisotopic (exact) mass is 331 g/mol. The zero-order chi connectivity index (χ0) is 16.6. The lowest BCUT2D eigenvalue weighted by molar-refractivity contribution is -0.384. The number of nitrogens with one attached hydrogen (secondary N) is 1. The van der Waals surface area contributed by atoms with Crippen LogP contribution in [0.1, 0.15) is 20.7 Å². The number of nitro benzene ring substituents is 1. The van der Waals surface area contributed by atoms with E-state index in [1.807, 2.05) is 0 Å². The Morgan fingerprint density at radius 1 is 1.04 bits per heavy atom. The summed E-state index contributed by atoms with van der Waals surface area (Å²) < 4.78 is 0. The molecule has 1 heterocycles. The van der Waals surface area contributed by atoms with Crippen molar-refractivity contribution in [2.75, 3.05) is 12.0 Å². The average Bonchev–Trinajstić information content (AvgIpc) is 2.78. The van der Waals surface area contributed by atoms with Crippen LogP contribution in [0.5, 0.6) is 0 Å². The molecule has 0 saturated carbocycles. The second kappa shape index (κ2) is 5.69. The Bertz CT molecular complexity index is 820. The topological polar surface area (TPSA) is 92.5 Å². The number of non-ortho nitro benzene ring substituents is 1. The van der Waals surface area contributed by atoms with Crippen LogP contribution in [-0.2, 0) is 0 Å². The van der Waals surface area contributed by atoms with E-state index in [1.165, 1.54) is 12.1 Å². The van der Waals surface area contributed by atoms with Crippen LogP contribution in [0.4, 0.5) is 11.4 Å². The van der Waals surface area contributed by atoms with Crippen molar-refractivity contribution < 1.29 is 14.5 Å². The molecular weight excluding hydrogens is 322 g/mol. The van der Waals surface area contributed by atoms with E-state index in [0.29, 0.717) is 10.7 Å². The third-order valence-electron chi connectivity index (χ3n) is 3.45. The number of hydrogen-bond donors (Lipinski definition) is 1. The minimum atomic E-state index is -0.605. The van der Waals surface area contributed by atoms with Crippen LogP contribution in [0.2, 0.25) is 5.02 Å². The summed E-state index contributed by atoms with van der Waals surface area (Å²) in [6.45, 7) is -0.0399. The van der Waals surface area contributed by atoms with Gasteiger partial charge in [-0.1, -0.05) is 11.6 Å². The van der Waals surface area contributed by atoms with Crippen LogP contribution in [0, 0.1) is 10.1 Å². The molecule has 0 fully saturated rings. The molecule has 1 aliphatic rings. The smallest absolute Gasteiger partial charge is 0.270 e. The van der Waals surface area contributed by atoms with Gasteiger partial charge in [-0.15, -0.1) is 0 Å². The molecule has 2 aromatic rings. The number of hydrogen-bond acceptors (Lipinski definition) is 5. The van der Waals surface area contributed by atoms with Gasteiger partial charge in [0.2, 0.25) is 0 Å². The number of rotatable bonds is 4. The van der Waals surface area contributed by atoms with E-state index in [9.17, 15) is 19.7 Å². The van der Waals surface area contributed by atoms with Crippen molar-refractivity contribution in [1.29, 1.82) is 0 Å². The van der Waals surface area contributed by atoms with Crippen LogP contribution >= 0.6 is 11.6 Å². The van der Waals surface area contributed by atoms with E-state index < -0.39 is 16.7 Å². The second-order valence-electron chi connectivity index (χ2n) is 4.87. The van der Waals surface area contributed by atoms with E-state index in [2.05, 4.69) is 5.32 Å². The van der Waals surface area contributed by atoms with Crippen molar-refractivity contribution in [3.05, 3.63) is 68.7 Å². The SMILES string of the molecule is O=C1c2ccc([N+](=O)[O-])cc2C(=O)N1CNc1ccc(Cl)cc1. The maximum absolute atomic E-state index is 12.3. The number of amides is 2. The molecule has 0 spiro atoms. The zero-order valence-electron chi connectivity index (χ0n) is 11.7. The zero-order valence-corrected chi connectivity index (χ0v) is 12.4. The third kappa shape index (κ3) is 2.74. The van der Waals surface area contributed by atoms with Gasteiger partial charge < -0.3 is 5.32 Å². The summed E-state index contributed by atoms with van der Waals surface area (Å²) in [6.07, 6.45) is 0. The van der Waals surface area contributed by atoms with Crippen LogP contribution in [0.15, 0.2) is 42.5 Å². The average molecular weight is 332 g/mol. The molecule has 0 saturated heterocycles. The van der Waals surface area contributed by atoms with Gasteiger partial charge in [0, 0.05) is 22.8 Å². The van der Waals surface area contributed by atoms with Crippen LogP contribution in [0.3, 0.4) is 0 Å². The van der Waals surface area contributed by atoms with Crippen LogP contribution < -0.4 is 5.32 Å². The first kappa shape index (κ1) is 15.0. The highest BCUT2D eigenvalue weighted by Crippen LogP contribution is 2.26. The Labute approximate surface area is 135 Å². The molecule has 1 N–H and O–H groups in total. The van der Waals surface area contributed by atoms with Gasteiger partial charge in [0.25, 0.3) is 17.5 Å². The predicted octanol–water partition coefficient (Wildman–Crippen LogP) is 2.91. The number of carbonyl (C=O) groups is 2. The summed E-state index contributed by atoms with van der Waals surface area (Å²) in [5, 5.41) is 14.3. The minimum Gasteiger partial charge on any atom is -0.367 e. The quantitative estimate of drug-likeness (QED) is 0.528. The lowest BCUT2D eigenvalue weighted by Crippen LogP contribution is -2.34. The number of nitrogens with zero attached hydrogens (tertiary/aromatic N) is 2. The Kier molecular flexibility index (Phi) is 3.71. The van der Waals surface area contributed by atoms with Gasteiger partial charge in [-0.3, -0.25) is 24.6 Å². The molecule has 0 aromatic heterocycles. The molecular formula is C15H10ClN3O4. The number of nitro groups is 1. The van der Waals surface area contributed by atoms with Gasteiger partial charge in [-0.2, -0.15) is 0 Å². The fourth-order valence-corrected chi connectivity index (χ4v) is 2.40. The Balaban J connectivity index is 1.79. The molecule has 0 atom stereocenters. The van der Waals surface area contributed by atoms with Gasteiger partial charge in [0.15, 0.2) is 0 Å². The number of benzene rings is 2. The van der Waals surface area contributed by atoms with Crippen LogP contribution in [0.25, 0.3) is 0 Å². The lowest BCUT2D eigenvalue weighted by Gasteiger charge is -2.15. The van der Waals surface area contributed by atoms with E-state index in [4.69, 9.17) is 11.6 Å². The molecule has 7 nitrogen and oxygen atoms in total. The number of imide groups is 1. The highest BCUT2D eigenvalue weighted by atomic mass is 35.5. The molecule has 3 rings (SSSR count). The Morgan fingerprint density at radius 3 is 2.35 bits per heavy atom. The van der Waals surface area contributed by atoms with E-state index in [1.54, 1.807) is 24.3 Å². The number of anilines is 1. The minimum absolute atomic E-state index is 0.0399. The number of halogens is 1. The highest BCUT2D eigenvalue weighted by molar-refractivity contribution is 6.30. The lowest BCUT2D eigenvalue weighted by atomic mass is 10.1. The molecule has 2 amide bonds. The van der Waals surface area contributed by atoms with Gasteiger partial charge in [-0.05, 0) is 30.3 Å². The van der Waals surface area contributed by atoms with Crippen molar-refractivity contribution >= 4 is 34.8 Å². The predicted molar refractivity (Wildman–Crippen MR) is 83.5 cm³/mol. The Hall–Kier alpha value is -2.93. The fourth-order valence-electron chi connectivity index (χ4n) is 2.27. The van der Waals surface area contributed by atoms with Crippen molar-refractivity contribution in [3.8, 4) is 0 Å². The molecule has 0 unspecified atom stereocenters. The molecule has 23 heavy (non-hydrogen) atoms. The first-order valence-electron chi connectivity index (χ1n) is 6.61. The summed E-state index contributed by atoms with van der Waals surface area (Å²) in [7, 11) is 0.